The number of nitrogens with zero attached hydrogens (tertiary/aromatic N) is 2. The van der Waals surface area contributed by atoms with E-state index in [1.807, 2.05) is 11.4 Å². The Morgan fingerprint density at radius 2 is 2.45 bits per heavy atom. The third-order valence-electron chi connectivity index (χ3n) is 1.34. The highest BCUT2D eigenvalue weighted by atomic mass is 32.1. The molecule has 0 spiro atoms. The molecule has 0 atom stereocenters. The molecule has 56 valence electrons. The first kappa shape index (κ1) is 6.51. The summed E-state index contributed by atoms with van der Waals surface area (Å²) in [6.07, 6.45) is 1.74. The van der Waals surface area contributed by atoms with E-state index in [0.29, 0.717) is 5.95 Å². The Morgan fingerprint density at radius 1 is 1.55 bits per heavy atom. The smallest absolute Gasteiger partial charge is 0.238 e. The largest absolute Gasteiger partial charge is 0.292 e. The van der Waals surface area contributed by atoms with Gasteiger partial charge >= 0.3 is 0 Å². The summed E-state index contributed by atoms with van der Waals surface area (Å²) in [5.41, 5.74) is 2.39. The van der Waals surface area contributed by atoms with Gasteiger partial charge in [-0.25, -0.2) is 15.8 Å². The number of thiophene rings is 1. The molecule has 0 radical (unpaired) electrons. The average molecular weight is 166 g/mol. The second-order valence-electron chi connectivity index (χ2n) is 2.02. The van der Waals surface area contributed by atoms with Crippen molar-refractivity contribution in [2.75, 3.05) is 5.43 Å². The van der Waals surface area contributed by atoms with Gasteiger partial charge in [0.15, 0.2) is 0 Å². The minimum absolute atomic E-state index is 0.458. The molecular formula is C6H6N4S. The molecule has 3 N–H and O–H groups in total. The van der Waals surface area contributed by atoms with Crippen LogP contribution in [0.5, 0.6) is 0 Å². The van der Waals surface area contributed by atoms with Gasteiger partial charge in [0.2, 0.25) is 5.95 Å². The Labute approximate surface area is 67.1 Å². The minimum atomic E-state index is 0.458. The summed E-state index contributed by atoms with van der Waals surface area (Å²) in [6.45, 7) is 0. The van der Waals surface area contributed by atoms with Gasteiger partial charge in [0.05, 0.1) is 0 Å². The van der Waals surface area contributed by atoms with Gasteiger partial charge in [0.1, 0.15) is 4.83 Å². The molecule has 5 heteroatoms. The maximum absolute atomic E-state index is 5.14. The Bertz CT molecular complexity index is 369. The normalized spacial score (nSPS) is 10.3. The topological polar surface area (TPSA) is 63.8 Å². The molecule has 0 aliphatic carbocycles. The first-order valence-electron chi connectivity index (χ1n) is 3.07. The molecule has 0 unspecified atom stereocenters. The van der Waals surface area contributed by atoms with Crippen LogP contribution >= 0.6 is 11.3 Å². The van der Waals surface area contributed by atoms with Gasteiger partial charge in [0.25, 0.3) is 0 Å². The highest BCUT2D eigenvalue weighted by Crippen LogP contribution is 2.17. The summed E-state index contributed by atoms with van der Waals surface area (Å²) in [5.74, 6) is 5.60. The Morgan fingerprint density at radius 3 is 3.27 bits per heavy atom. The number of hydrazine groups is 1. The monoisotopic (exact) mass is 166 g/mol. The van der Waals surface area contributed by atoms with Crippen molar-refractivity contribution in [3.05, 3.63) is 17.6 Å². The van der Waals surface area contributed by atoms with Crippen LogP contribution < -0.4 is 11.3 Å². The van der Waals surface area contributed by atoms with Crippen molar-refractivity contribution in [3.8, 4) is 0 Å². The van der Waals surface area contributed by atoms with Crippen LogP contribution in [-0.2, 0) is 0 Å². The van der Waals surface area contributed by atoms with E-state index in [2.05, 4.69) is 15.4 Å². The molecule has 2 aromatic rings. The molecule has 0 aliphatic rings. The molecule has 2 heterocycles. The second-order valence-corrected chi connectivity index (χ2v) is 2.91. The van der Waals surface area contributed by atoms with E-state index < -0.39 is 0 Å². The fourth-order valence-electron chi connectivity index (χ4n) is 0.826. The number of fused-ring (bicyclic) bond motifs is 1. The summed E-state index contributed by atoms with van der Waals surface area (Å²) >= 11 is 1.57. The van der Waals surface area contributed by atoms with Crippen molar-refractivity contribution in [1.29, 1.82) is 0 Å². The van der Waals surface area contributed by atoms with Gasteiger partial charge < -0.3 is 0 Å². The third kappa shape index (κ3) is 1.04. The lowest BCUT2D eigenvalue weighted by atomic mass is 10.4. The molecule has 0 saturated heterocycles. The molecule has 4 nitrogen and oxygen atoms in total. The van der Waals surface area contributed by atoms with E-state index in [-0.39, 0.29) is 0 Å². The fraction of sp³-hybridized carbons (Fsp3) is 0. The van der Waals surface area contributed by atoms with Gasteiger partial charge in [0, 0.05) is 11.6 Å². The lowest BCUT2D eigenvalue weighted by Gasteiger charge is -1.94. The molecule has 0 saturated carbocycles. The highest BCUT2D eigenvalue weighted by Gasteiger charge is 1.97. The molecular weight excluding hydrogens is 160 g/mol. The van der Waals surface area contributed by atoms with Gasteiger partial charge in [-0.15, -0.1) is 11.3 Å². The number of aromatic nitrogens is 2. The average Bonchev–Trinajstić information content (AvgIpc) is 2.50. The van der Waals surface area contributed by atoms with Crippen LogP contribution in [0.2, 0.25) is 0 Å². The van der Waals surface area contributed by atoms with Crippen molar-refractivity contribution < 1.29 is 0 Å². The van der Waals surface area contributed by atoms with E-state index in [9.17, 15) is 0 Å². The lowest BCUT2D eigenvalue weighted by molar-refractivity contribution is 1.16. The van der Waals surface area contributed by atoms with Crippen LogP contribution in [0.1, 0.15) is 0 Å². The van der Waals surface area contributed by atoms with Crippen molar-refractivity contribution in [3.63, 3.8) is 0 Å². The Kier molecular flexibility index (Phi) is 1.45. The van der Waals surface area contributed by atoms with Crippen LogP contribution in [-0.4, -0.2) is 9.97 Å². The van der Waals surface area contributed by atoms with Crippen molar-refractivity contribution in [2.24, 2.45) is 5.84 Å². The zero-order valence-corrected chi connectivity index (χ0v) is 6.43. The highest BCUT2D eigenvalue weighted by molar-refractivity contribution is 7.16. The van der Waals surface area contributed by atoms with E-state index in [1.54, 1.807) is 17.5 Å². The molecule has 0 amide bonds. The minimum Gasteiger partial charge on any atom is -0.292 e. The van der Waals surface area contributed by atoms with Gasteiger partial charge in [-0.2, -0.15) is 0 Å². The fourth-order valence-corrected chi connectivity index (χ4v) is 1.57. The molecule has 2 rings (SSSR count). The number of nitrogen functional groups attached to an aromatic ring is 1. The summed E-state index contributed by atoms with van der Waals surface area (Å²) in [6, 6.07) is 1.97. The van der Waals surface area contributed by atoms with Crippen LogP contribution in [0.25, 0.3) is 10.2 Å². The molecule has 2 aromatic heterocycles. The van der Waals surface area contributed by atoms with Crippen LogP contribution in [0.15, 0.2) is 17.6 Å². The predicted molar refractivity (Wildman–Crippen MR) is 45.2 cm³/mol. The van der Waals surface area contributed by atoms with Gasteiger partial charge in [-0.3, -0.25) is 5.43 Å². The molecule has 11 heavy (non-hydrogen) atoms. The number of nitrogens with two attached hydrogens (primary N) is 1. The first-order valence-corrected chi connectivity index (χ1v) is 3.95. The van der Waals surface area contributed by atoms with E-state index >= 15 is 0 Å². The quantitative estimate of drug-likeness (QED) is 0.489. The van der Waals surface area contributed by atoms with Crippen LogP contribution in [0.4, 0.5) is 5.95 Å². The van der Waals surface area contributed by atoms with E-state index in [4.69, 9.17) is 5.84 Å². The van der Waals surface area contributed by atoms with Crippen LogP contribution in [0, 0.1) is 0 Å². The summed E-state index contributed by atoms with van der Waals surface area (Å²) in [4.78, 5) is 9.03. The summed E-state index contributed by atoms with van der Waals surface area (Å²) in [5, 5.41) is 3.02. The van der Waals surface area contributed by atoms with E-state index in [0.717, 1.165) is 10.2 Å². The summed E-state index contributed by atoms with van der Waals surface area (Å²) < 4.78 is 0. The maximum Gasteiger partial charge on any atom is 0.238 e. The molecule has 0 fully saturated rings. The Hall–Kier alpha value is -1.20. The first-order chi connectivity index (χ1) is 5.40. The van der Waals surface area contributed by atoms with Crippen LogP contribution in [0.3, 0.4) is 0 Å². The number of anilines is 1. The Balaban J connectivity index is 2.67. The number of hydrogen-bond donors (Lipinski definition) is 2. The van der Waals surface area contributed by atoms with Crippen molar-refractivity contribution >= 4 is 27.5 Å². The summed E-state index contributed by atoms with van der Waals surface area (Å²) in [7, 11) is 0. The lowest BCUT2D eigenvalue weighted by Crippen LogP contribution is -2.09. The molecule has 0 aromatic carbocycles. The zero-order valence-electron chi connectivity index (χ0n) is 5.61. The number of rotatable bonds is 1. The molecule has 0 bridgehead atoms. The van der Waals surface area contributed by atoms with Crippen molar-refractivity contribution in [1.82, 2.24) is 9.97 Å². The maximum atomic E-state index is 5.14. The third-order valence-corrected chi connectivity index (χ3v) is 2.16. The number of hydrogen-bond acceptors (Lipinski definition) is 5. The zero-order chi connectivity index (χ0) is 7.68. The predicted octanol–water partition coefficient (Wildman–Crippen LogP) is 0.977. The molecule has 0 aliphatic heterocycles. The second kappa shape index (κ2) is 2.44. The van der Waals surface area contributed by atoms with Gasteiger partial charge in [-0.1, -0.05) is 0 Å². The van der Waals surface area contributed by atoms with Gasteiger partial charge in [-0.05, 0) is 11.4 Å². The standard InChI is InChI=1S/C6H6N4S/c7-10-6-8-3-4-1-2-11-5(4)9-6/h1-3H,7H2,(H,8,9,10). The number of nitrogens with one attached hydrogen (secondary N) is 1. The SMILES string of the molecule is NNc1ncc2ccsc2n1. The van der Waals surface area contributed by atoms with E-state index in [1.165, 1.54) is 0 Å². The van der Waals surface area contributed by atoms with Crippen molar-refractivity contribution in [2.45, 2.75) is 0 Å².